The van der Waals surface area contributed by atoms with Gasteiger partial charge >= 0.3 is 0 Å². The molecule has 1 amide bonds. The average Bonchev–Trinajstić information content (AvgIpc) is 3.41. The zero-order valence-electron chi connectivity index (χ0n) is 15.1. The number of fused-ring (bicyclic) bond motifs is 1. The van der Waals surface area contributed by atoms with E-state index in [-0.39, 0.29) is 18.1 Å². The number of carbonyl (C=O) groups is 1. The van der Waals surface area contributed by atoms with Crippen molar-refractivity contribution in [1.82, 2.24) is 14.7 Å². The van der Waals surface area contributed by atoms with Gasteiger partial charge in [0, 0.05) is 23.5 Å². The van der Waals surface area contributed by atoms with Crippen LogP contribution in [-0.4, -0.2) is 26.6 Å². The van der Waals surface area contributed by atoms with Gasteiger partial charge < -0.3 is 10.2 Å². The molecule has 3 aromatic rings. The van der Waals surface area contributed by atoms with Gasteiger partial charge in [-0.05, 0) is 37.1 Å². The topological polar surface area (TPSA) is 50.2 Å². The lowest BCUT2D eigenvalue weighted by Gasteiger charge is -2.41. The molecule has 2 heterocycles. The molecule has 1 atom stereocenters. The molecular weight excluding hydrogens is 336 g/mol. The first-order valence-electron chi connectivity index (χ1n) is 9.59. The van der Waals surface area contributed by atoms with Crippen LogP contribution in [0.15, 0.2) is 67.0 Å². The average molecular weight is 358 g/mol. The summed E-state index contributed by atoms with van der Waals surface area (Å²) in [5.41, 5.74) is 3.68. The van der Waals surface area contributed by atoms with E-state index in [1.165, 1.54) is 12.8 Å². The van der Waals surface area contributed by atoms with E-state index in [4.69, 9.17) is 0 Å². The van der Waals surface area contributed by atoms with Gasteiger partial charge in [0.05, 0.1) is 17.4 Å². The van der Waals surface area contributed by atoms with E-state index in [1.807, 2.05) is 76.6 Å². The van der Waals surface area contributed by atoms with E-state index in [2.05, 4.69) is 10.4 Å². The van der Waals surface area contributed by atoms with Crippen LogP contribution in [0.3, 0.4) is 0 Å². The Morgan fingerprint density at radius 2 is 1.70 bits per heavy atom. The Kier molecular flexibility index (Phi) is 3.93. The van der Waals surface area contributed by atoms with E-state index in [1.54, 1.807) is 0 Å². The molecule has 5 heteroatoms. The second kappa shape index (κ2) is 6.58. The Labute approximate surface area is 158 Å². The largest absolute Gasteiger partial charge is 0.361 e. The van der Waals surface area contributed by atoms with Crippen molar-refractivity contribution < 1.29 is 4.79 Å². The van der Waals surface area contributed by atoms with Crippen molar-refractivity contribution in [2.24, 2.45) is 0 Å². The zero-order chi connectivity index (χ0) is 18.2. The molecule has 1 aromatic heterocycles. The normalized spacial score (nSPS) is 19.8. The van der Waals surface area contributed by atoms with Crippen molar-refractivity contribution in [2.75, 3.05) is 5.32 Å². The van der Waals surface area contributed by atoms with Crippen LogP contribution < -0.4 is 5.32 Å². The Balaban J connectivity index is 1.55. The maximum Gasteiger partial charge on any atom is 0.258 e. The first-order valence-corrected chi connectivity index (χ1v) is 9.59. The fourth-order valence-corrected chi connectivity index (χ4v) is 4.27. The molecule has 5 rings (SSSR count). The molecule has 1 aliphatic heterocycles. The lowest BCUT2D eigenvalue weighted by molar-refractivity contribution is 0.0585. The summed E-state index contributed by atoms with van der Waals surface area (Å²) in [4.78, 5) is 15.4. The molecule has 0 bridgehead atoms. The molecule has 0 saturated heterocycles. The second-order valence-electron chi connectivity index (χ2n) is 7.30. The standard InChI is InChI=1S/C22H22N4O/c27-22-19-12-6-7-13-20(19)24-21(26(22)18-10-4-5-11-18)16-14-23-25(15-16)17-8-2-1-3-9-17/h1-3,6-9,12-15,18,21,24H,4-5,10-11H2. The SMILES string of the molecule is O=C1c2ccccc2NC(c2cnn(-c3ccccc3)c2)N1C1CCCC1. The van der Waals surface area contributed by atoms with Crippen molar-refractivity contribution in [2.45, 2.75) is 37.9 Å². The first-order chi connectivity index (χ1) is 13.3. The number of benzene rings is 2. The Hall–Kier alpha value is -3.08. The van der Waals surface area contributed by atoms with Crippen molar-refractivity contribution >= 4 is 11.6 Å². The lowest BCUT2D eigenvalue weighted by atomic mass is 10.0. The Bertz CT molecular complexity index is 959. The van der Waals surface area contributed by atoms with Gasteiger partial charge in [-0.3, -0.25) is 4.79 Å². The van der Waals surface area contributed by atoms with Crippen molar-refractivity contribution in [3.63, 3.8) is 0 Å². The van der Waals surface area contributed by atoms with Gasteiger partial charge in [0.25, 0.3) is 5.91 Å². The second-order valence-corrected chi connectivity index (χ2v) is 7.30. The molecule has 5 nitrogen and oxygen atoms in total. The summed E-state index contributed by atoms with van der Waals surface area (Å²) in [6, 6.07) is 18.1. The molecule has 1 aliphatic carbocycles. The number of amides is 1. The third kappa shape index (κ3) is 2.79. The quantitative estimate of drug-likeness (QED) is 0.756. The monoisotopic (exact) mass is 358 g/mol. The highest BCUT2D eigenvalue weighted by Crippen LogP contribution is 2.38. The lowest BCUT2D eigenvalue weighted by Crippen LogP contribution is -2.47. The summed E-state index contributed by atoms with van der Waals surface area (Å²) in [7, 11) is 0. The van der Waals surface area contributed by atoms with Gasteiger partial charge in [-0.1, -0.05) is 43.2 Å². The number of nitrogens with one attached hydrogen (secondary N) is 1. The fourth-order valence-electron chi connectivity index (χ4n) is 4.27. The number of rotatable bonds is 3. The van der Waals surface area contributed by atoms with E-state index in [0.717, 1.165) is 35.3 Å². The number of hydrogen-bond acceptors (Lipinski definition) is 3. The predicted octanol–water partition coefficient (Wildman–Crippen LogP) is 4.38. The minimum Gasteiger partial charge on any atom is -0.361 e. The number of aromatic nitrogens is 2. The Morgan fingerprint density at radius 1 is 0.963 bits per heavy atom. The van der Waals surface area contributed by atoms with Crippen LogP contribution in [0.4, 0.5) is 5.69 Å². The molecular formula is C22H22N4O. The summed E-state index contributed by atoms with van der Waals surface area (Å²) in [5.74, 6) is 0.119. The molecule has 1 N–H and O–H groups in total. The molecule has 2 aliphatic rings. The van der Waals surface area contributed by atoms with E-state index in [9.17, 15) is 4.79 Å². The maximum atomic E-state index is 13.3. The summed E-state index contributed by atoms with van der Waals surface area (Å²) in [5, 5.41) is 8.13. The van der Waals surface area contributed by atoms with Crippen LogP contribution in [-0.2, 0) is 0 Å². The van der Waals surface area contributed by atoms with Gasteiger partial charge in [0.2, 0.25) is 0 Å². The number of carbonyl (C=O) groups excluding carboxylic acids is 1. The summed E-state index contributed by atoms with van der Waals surface area (Å²) >= 11 is 0. The van der Waals surface area contributed by atoms with E-state index < -0.39 is 0 Å². The summed E-state index contributed by atoms with van der Waals surface area (Å²) < 4.78 is 1.87. The summed E-state index contributed by atoms with van der Waals surface area (Å²) in [6.07, 6.45) is 8.22. The Morgan fingerprint density at radius 3 is 2.52 bits per heavy atom. The smallest absolute Gasteiger partial charge is 0.258 e. The number of nitrogens with zero attached hydrogens (tertiary/aromatic N) is 3. The number of anilines is 1. The van der Waals surface area contributed by atoms with Gasteiger partial charge in [-0.25, -0.2) is 4.68 Å². The molecule has 2 aromatic carbocycles. The molecule has 1 saturated carbocycles. The van der Waals surface area contributed by atoms with Gasteiger partial charge in [0.15, 0.2) is 0 Å². The van der Waals surface area contributed by atoms with Crippen LogP contribution in [0, 0.1) is 0 Å². The molecule has 1 unspecified atom stereocenters. The van der Waals surface area contributed by atoms with E-state index in [0.29, 0.717) is 0 Å². The number of para-hydroxylation sites is 2. The van der Waals surface area contributed by atoms with Crippen molar-refractivity contribution in [1.29, 1.82) is 0 Å². The van der Waals surface area contributed by atoms with Gasteiger partial charge in [0.1, 0.15) is 6.17 Å². The molecule has 1 fully saturated rings. The minimum atomic E-state index is -0.187. The minimum absolute atomic E-state index is 0.119. The maximum absolute atomic E-state index is 13.3. The molecule has 27 heavy (non-hydrogen) atoms. The van der Waals surface area contributed by atoms with Gasteiger partial charge in [-0.15, -0.1) is 0 Å². The van der Waals surface area contributed by atoms with Crippen LogP contribution in [0.2, 0.25) is 0 Å². The highest BCUT2D eigenvalue weighted by atomic mass is 16.2. The van der Waals surface area contributed by atoms with E-state index >= 15 is 0 Å². The number of hydrogen-bond donors (Lipinski definition) is 1. The zero-order valence-corrected chi connectivity index (χ0v) is 15.1. The fraction of sp³-hybridized carbons (Fsp3) is 0.273. The third-order valence-corrected chi connectivity index (χ3v) is 5.62. The summed E-state index contributed by atoms with van der Waals surface area (Å²) in [6.45, 7) is 0. The van der Waals surface area contributed by atoms with Gasteiger partial charge in [-0.2, -0.15) is 5.10 Å². The first kappa shape index (κ1) is 16.1. The highest BCUT2D eigenvalue weighted by molar-refractivity contribution is 6.01. The van der Waals surface area contributed by atoms with Crippen LogP contribution in [0.25, 0.3) is 5.69 Å². The van der Waals surface area contributed by atoms with Crippen molar-refractivity contribution in [3.8, 4) is 5.69 Å². The van der Waals surface area contributed by atoms with Crippen LogP contribution in [0.1, 0.15) is 47.8 Å². The molecule has 136 valence electrons. The van der Waals surface area contributed by atoms with Crippen molar-refractivity contribution in [3.05, 3.63) is 78.1 Å². The highest BCUT2D eigenvalue weighted by Gasteiger charge is 2.38. The molecule has 0 radical (unpaired) electrons. The van der Waals surface area contributed by atoms with Crippen LogP contribution in [0.5, 0.6) is 0 Å². The van der Waals surface area contributed by atoms with Crippen LogP contribution >= 0.6 is 0 Å². The third-order valence-electron chi connectivity index (χ3n) is 5.62. The molecule has 0 spiro atoms. The predicted molar refractivity (Wildman–Crippen MR) is 105 cm³/mol.